The van der Waals surface area contributed by atoms with Gasteiger partial charge in [-0.25, -0.2) is 4.39 Å². The van der Waals surface area contributed by atoms with Crippen LogP contribution in [0.25, 0.3) is 0 Å². The van der Waals surface area contributed by atoms with Crippen molar-refractivity contribution in [2.75, 3.05) is 20.6 Å². The summed E-state index contributed by atoms with van der Waals surface area (Å²) in [5, 5.41) is 11.6. The summed E-state index contributed by atoms with van der Waals surface area (Å²) in [6.45, 7) is 0.965. The normalized spacial score (nSPS) is 31.4. The van der Waals surface area contributed by atoms with E-state index in [4.69, 9.17) is 0 Å². The van der Waals surface area contributed by atoms with E-state index in [1.165, 1.54) is 37.7 Å². The van der Waals surface area contributed by atoms with E-state index >= 15 is 0 Å². The topological polar surface area (TPSA) is 23.5 Å². The Balaban J connectivity index is 1.69. The largest absolute Gasteiger partial charge is 0.389 e. The van der Waals surface area contributed by atoms with Crippen molar-refractivity contribution < 1.29 is 9.50 Å². The number of hydrogen-bond donors (Lipinski definition) is 1. The standard InChI is InChI=1S/C22H34FNO/c1-24(2)16-20-15-18(14-17-8-10-21(23)11-9-17)12-13-22(20,25)19-6-4-3-5-7-19/h8-11,18-20,25H,3-7,12-16H2,1-2H3. The Kier molecular flexibility index (Phi) is 6.17. The van der Waals surface area contributed by atoms with Crippen LogP contribution in [-0.4, -0.2) is 36.2 Å². The van der Waals surface area contributed by atoms with Gasteiger partial charge in [-0.05, 0) is 82.2 Å². The number of hydrogen-bond acceptors (Lipinski definition) is 2. The minimum atomic E-state index is -0.482. The molecule has 25 heavy (non-hydrogen) atoms. The maximum absolute atomic E-state index is 13.1. The zero-order valence-corrected chi connectivity index (χ0v) is 15.9. The van der Waals surface area contributed by atoms with Crippen molar-refractivity contribution >= 4 is 0 Å². The van der Waals surface area contributed by atoms with Gasteiger partial charge in [0.05, 0.1) is 5.60 Å². The molecule has 0 heterocycles. The minimum absolute atomic E-state index is 0.162. The third kappa shape index (κ3) is 4.62. The molecular weight excluding hydrogens is 313 g/mol. The van der Waals surface area contributed by atoms with Crippen LogP contribution in [0.1, 0.15) is 56.9 Å². The summed E-state index contributed by atoms with van der Waals surface area (Å²) in [5.74, 6) is 1.27. The Bertz CT molecular complexity index is 537. The van der Waals surface area contributed by atoms with Crippen LogP contribution in [0.2, 0.25) is 0 Å². The molecule has 0 amide bonds. The van der Waals surface area contributed by atoms with E-state index in [1.807, 2.05) is 12.1 Å². The molecule has 0 radical (unpaired) electrons. The summed E-state index contributed by atoms with van der Waals surface area (Å²) >= 11 is 0. The van der Waals surface area contributed by atoms with E-state index in [9.17, 15) is 9.50 Å². The second-order valence-corrected chi connectivity index (χ2v) is 8.76. The molecule has 0 bridgehead atoms. The second-order valence-electron chi connectivity index (χ2n) is 8.76. The SMILES string of the molecule is CN(C)CC1CC(Cc2ccc(F)cc2)CCC1(O)C1CCCCC1. The van der Waals surface area contributed by atoms with Gasteiger partial charge >= 0.3 is 0 Å². The monoisotopic (exact) mass is 347 g/mol. The Labute approximate surface area is 152 Å². The highest BCUT2D eigenvalue weighted by Gasteiger charge is 2.47. The molecule has 0 aromatic heterocycles. The first-order valence-corrected chi connectivity index (χ1v) is 10.1. The zero-order valence-electron chi connectivity index (χ0n) is 15.9. The molecule has 3 heteroatoms. The van der Waals surface area contributed by atoms with Gasteiger partial charge in [-0.15, -0.1) is 0 Å². The molecule has 3 rings (SSSR count). The minimum Gasteiger partial charge on any atom is -0.389 e. The van der Waals surface area contributed by atoms with Crippen LogP contribution in [0.5, 0.6) is 0 Å². The van der Waals surface area contributed by atoms with E-state index in [0.717, 1.165) is 32.2 Å². The van der Waals surface area contributed by atoms with Crippen LogP contribution in [-0.2, 0) is 6.42 Å². The molecule has 0 spiro atoms. The summed E-state index contributed by atoms with van der Waals surface area (Å²) in [7, 11) is 4.23. The molecule has 1 aromatic rings. The lowest BCUT2D eigenvalue weighted by atomic mass is 9.61. The van der Waals surface area contributed by atoms with Gasteiger partial charge in [0.1, 0.15) is 5.82 Å². The summed E-state index contributed by atoms with van der Waals surface area (Å²) in [6.07, 6.45) is 10.4. The van der Waals surface area contributed by atoms with Crippen LogP contribution in [0.4, 0.5) is 4.39 Å². The lowest BCUT2D eigenvalue weighted by Gasteiger charge is -2.49. The first-order valence-electron chi connectivity index (χ1n) is 10.1. The van der Waals surface area contributed by atoms with Crippen molar-refractivity contribution in [1.29, 1.82) is 0 Å². The summed E-state index contributed by atoms with van der Waals surface area (Å²) in [4.78, 5) is 2.23. The van der Waals surface area contributed by atoms with Crippen LogP contribution < -0.4 is 0 Å². The molecule has 2 saturated carbocycles. The molecule has 3 unspecified atom stereocenters. The number of halogens is 1. The number of aliphatic hydroxyl groups is 1. The number of rotatable bonds is 5. The zero-order chi connectivity index (χ0) is 17.9. The van der Waals surface area contributed by atoms with E-state index < -0.39 is 5.60 Å². The van der Waals surface area contributed by atoms with E-state index in [0.29, 0.717) is 17.8 Å². The highest BCUT2D eigenvalue weighted by Crippen LogP contribution is 2.47. The Morgan fingerprint density at radius 2 is 1.76 bits per heavy atom. The first-order chi connectivity index (χ1) is 12.0. The fourth-order valence-corrected chi connectivity index (χ4v) is 5.32. The predicted molar refractivity (Wildman–Crippen MR) is 101 cm³/mol. The number of nitrogens with zero attached hydrogens (tertiary/aromatic N) is 1. The van der Waals surface area contributed by atoms with Gasteiger partial charge in [0, 0.05) is 12.5 Å². The maximum Gasteiger partial charge on any atom is 0.123 e. The smallest absolute Gasteiger partial charge is 0.123 e. The molecule has 2 nitrogen and oxygen atoms in total. The van der Waals surface area contributed by atoms with E-state index in [-0.39, 0.29) is 5.82 Å². The van der Waals surface area contributed by atoms with Crippen molar-refractivity contribution in [2.45, 2.75) is 63.4 Å². The van der Waals surface area contributed by atoms with Gasteiger partial charge in [-0.3, -0.25) is 0 Å². The lowest BCUT2D eigenvalue weighted by molar-refractivity contribution is -0.119. The van der Waals surface area contributed by atoms with Gasteiger partial charge < -0.3 is 10.0 Å². The molecule has 2 aliphatic carbocycles. The first kappa shape index (κ1) is 18.8. The van der Waals surface area contributed by atoms with Gasteiger partial charge in [-0.1, -0.05) is 31.4 Å². The Morgan fingerprint density at radius 1 is 1.08 bits per heavy atom. The van der Waals surface area contributed by atoms with Crippen LogP contribution in [0.3, 0.4) is 0 Å². The van der Waals surface area contributed by atoms with Gasteiger partial charge in [0.15, 0.2) is 0 Å². The number of benzene rings is 1. The molecule has 3 atom stereocenters. The summed E-state index contributed by atoms with van der Waals surface area (Å²) < 4.78 is 13.1. The van der Waals surface area contributed by atoms with Crippen LogP contribution in [0.15, 0.2) is 24.3 Å². The lowest BCUT2D eigenvalue weighted by Crippen LogP contribution is -2.52. The second kappa shape index (κ2) is 8.18. The third-order valence-electron chi connectivity index (χ3n) is 6.61. The van der Waals surface area contributed by atoms with Crippen LogP contribution in [0, 0.1) is 23.6 Å². The van der Waals surface area contributed by atoms with Crippen molar-refractivity contribution in [3.63, 3.8) is 0 Å². The van der Waals surface area contributed by atoms with Crippen molar-refractivity contribution in [2.24, 2.45) is 17.8 Å². The Morgan fingerprint density at radius 3 is 2.40 bits per heavy atom. The fourth-order valence-electron chi connectivity index (χ4n) is 5.32. The predicted octanol–water partition coefficient (Wildman–Crippen LogP) is 4.66. The quantitative estimate of drug-likeness (QED) is 0.837. The summed E-state index contributed by atoms with van der Waals surface area (Å²) in [5.41, 5.74) is 0.738. The third-order valence-corrected chi connectivity index (χ3v) is 6.61. The molecule has 2 aliphatic rings. The molecule has 0 saturated heterocycles. The van der Waals surface area contributed by atoms with Gasteiger partial charge in [0.2, 0.25) is 0 Å². The van der Waals surface area contributed by atoms with Gasteiger partial charge in [-0.2, -0.15) is 0 Å². The molecule has 1 aromatic carbocycles. The molecule has 1 N–H and O–H groups in total. The Hall–Kier alpha value is -0.930. The average Bonchev–Trinajstić information content (AvgIpc) is 2.60. The van der Waals surface area contributed by atoms with Crippen LogP contribution >= 0.6 is 0 Å². The molecular formula is C22H34FNO. The molecule has 2 fully saturated rings. The molecule has 140 valence electrons. The summed E-state index contributed by atoms with van der Waals surface area (Å²) in [6, 6.07) is 6.96. The highest BCUT2D eigenvalue weighted by molar-refractivity contribution is 5.17. The molecule has 0 aliphatic heterocycles. The van der Waals surface area contributed by atoms with Crippen molar-refractivity contribution in [3.05, 3.63) is 35.6 Å². The maximum atomic E-state index is 13.1. The fraction of sp³-hybridized carbons (Fsp3) is 0.727. The van der Waals surface area contributed by atoms with Crippen molar-refractivity contribution in [3.8, 4) is 0 Å². The van der Waals surface area contributed by atoms with Crippen molar-refractivity contribution in [1.82, 2.24) is 4.90 Å². The van der Waals surface area contributed by atoms with Gasteiger partial charge in [0.25, 0.3) is 0 Å². The van der Waals surface area contributed by atoms with E-state index in [1.54, 1.807) is 12.1 Å². The average molecular weight is 348 g/mol. The highest BCUT2D eigenvalue weighted by atomic mass is 19.1. The van der Waals surface area contributed by atoms with E-state index in [2.05, 4.69) is 19.0 Å².